The number of unbranched alkanes of at least 4 members (excludes halogenated alkanes) is 2. The van der Waals surface area contributed by atoms with Crippen molar-refractivity contribution >= 4 is 29.5 Å². The normalized spacial score (nSPS) is 10.5. The SMILES string of the molecule is C=CC(=O)OCCCCOc1ccc(C(=O)Oc2ccc(C(=O)Oc3ccc(CCCC)cc3)c(Cl)c2)cc1C. The molecular formula is C32H33ClO7. The second-order valence-corrected chi connectivity index (χ2v) is 9.48. The third-order valence-electron chi connectivity index (χ3n) is 5.94. The largest absolute Gasteiger partial charge is 0.493 e. The summed E-state index contributed by atoms with van der Waals surface area (Å²) < 4.78 is 21.6. The van der Waals surface area contributed by atoms with E-state index in [1.54, 1.807) is 30.3 Å². The highest BCUT2D eigenvalue weighted by molar-refractivity contribution is 6.33. The van der Waals surface area contributed by atoms with Crippen LogP contribution in [0.3, 0.4) is 0 Å². The summed E-state index contributed by atoms with van der Waals surface area (Å²) in [4.78, 5) is 36.4. The van der Waals surface area contributed by atoms with Gasteiger partial charge < -0.3 is 18.9 Å². The predicted molar refractivity (Wildman–Crippen MR) is 153 cm³/mol. The van der Waals surface area contributed by atoms with E-state index < -0.39 is 17.9 Å². The Hall–Kier alpha value is -4.10. The van der Waals surface area contributed by atoms with Crippen molar-refractivity contribution in [2.45, 2.75) is 46.0 Å². The minimum Gasteiger partial charge on any atom is -0.493 e. The Morgan fingerprint density at radius 1 is 0.850 bits per heavy atom. The van der Waals surface area contributed by atoms with Crippen LogP contribution in [0.4, 0.5) is 0 Å². The van der Waals surface area contributed by atoms with Gasteiger partial charge in [-0.25, -0.2) is 14.4 Å². The van der Waals surface area contributed by atoms with E-state index in [9.17, 15) is 14.4 Å². The number of carbonyl (C=O) groups excluding carboxylic acids is 3. The molecule has 0 N–H and O–H groups in total. The zero-order chi connectivity index (χ0) is 28.9. The molecule has 0 aliphatic carbocycles. The van der Waals surface area contributed by atoms with Gasteiger partial charge in [-0.05, 0) is 86.2 Å². The molecule has 0 atom stereocenters. The van der Waals surface area contributed by atoms with Gasteiger partial charge in [-0.15, -0.1) is 0 Å². The van der Waals surface area contributed by atoms with Crippen LogP contribution in [-0.4, -0.2) is 31.1 Å². The molecule has 3 aromatic rings. The monoisotopic (exact) mass is 564 g/mol. The van der Waals surface area contributed by atoms with E-state index in [-0.39, 0.29) is 16.3 Å². The van der Waals surface area contributed by atoms with E-state index >= 15 is 0 Å². The summed E-state index contributed by atoms with van der Waals surface area (Å²) in [6.45, 7) is 8.05. The van der Waals surface area contributed by atoms with Crippen LogP contribution < -0.4 is 14.2 Å². The van der Waals surface area contributed by atoms with Crippen LogP contribution in [0.5, 0.6) is 17.2 Å². The van der Waals surface area contributed by atoms with Gasteiger partial charge in [-0.1, -0.05) is 43.7 Å². The second kappa shape index (κ2) is 15.5. The van der Waals surface area contributed by atoms with Gasteiger partial charge in [-0.3, -0.25) is 0 Å². The lowest BCUT2D eigenvalue weighted by molar-refractivity contribution is -0.137. The lowest BCUT2D eigenvalue weighted by Gasteiger charge is -2.11. The summed E-state index contributed by atoms with van der Waals surface area (Å²) in [5, 5.41) is 0.106. The summed E-state index contributed by atoms with van der Waals surface area (Å²) in [6, 6.07) is 16.7. The average Bonchev–Trinajstić information content (AvgIpc) is 2.94. The Labute approximate surface area is 239 Å². The number of hydrogen-bond donors (Lipinski definition) is 0. The van der Waals surface area contributed by atoms with Crippen molar-refractivity contribution in [1.82, 2.24) is 0 Å². The molecule has 8 heteroatoms. The van der Waals surface area contributed by atoms with Crippen LogP contribution in [0.2, 0.25) is 5.02 Å². The first kappa shape index (κ1) is 30.4. The van der Waals surface area contributed by atoms with Crippen molar-refractivity contribution in [2.24, 2.45) is 0 Å². The van der Waals surface area contributed by atoms with Crippen LogP contribution in [0.15, 0.2) is 73.3 Å². The highest BCUT2D eigenvalue weighted by Gasteiger charge is 2.16. The van der Waals surface area contributed by atoms with E-state index in [1.807, 2.05) is 19.1 Å². The van der Waals surface area contributed by atoms with E-state index in [1.165, 1.54) is 23.8 Å². The fourth-order valence-corrected chi connectivity index (χ4v) is 3.96. The first-order valence-electron chi connectivity index (χ1n) is 13.2. The first-order chi connectivity index (χ1) is 19.3. The second-order valence-electron chi connectivity index (χ2n) is 9.08. The van der Waals surface area contributed by atoms with Crippen molar-refractivity contribution < 1.29 is 33.3 Å². The quantitative estimate of drug-likeness (QED) is 0.0877. The van der Waals surface area contributed by atoms with Gasteiger partial charge in [-0.2, -0.15) is 0 Å². The molecule has 3 aromatic carbocycles. The Morgan fingerprint density at radius 3 is 2.23 bits per heavy atom. The molecule has 0 bridgehead atoms. The number of ether oxygens (including phenoxy) is 4. The summed E-state index contributed by atoms with van der Waals surface area (Å²) >= 11 is 6.31. The van der Waals surface area contributed by atoms with E-state index in [2.05, 4.69) is 13.5 Å². The van der Waals surface area contributed by atoms with E-state index in [0.29, 0.717) is 43.1 Å². The molecule has 0 saturated carbocycles. The number of halogens is 1. The Morgan fingerprint density at radius 2 is 1.55 bits per heavy atom. The zero-order valence-corrected chi connectivity index (χ0v) is 23.5. The Kier molecular flexibility index (Phi) is 11.8. The van der Waals surface area contributed by atoms with Crippen LogP contribution in [0.25, 0.3) is 0 Å². The number of benzene rings is 3. The van der Waals surface area contributed by atoms with E-state index in [4.69, 9.17) is 30.5 Å². The molecular weight excluding hydrogens is 532 g/mol. The highest BCUT2D eigenvalue weighted by atomic mass is 35.5. The maximum Gasteiger partial charge on any atom is 0.345 e. The molecule has 0 aliphatic heterocycles. The smallest absolute Gasteiger partial charge is 0.345 e. The van der Waals surface area contributed by atoms with Crippen molar-refractivity contribution in [1.29, 1.82) is 0 Å². The molecule has 0 aromatic heterocycles. The summed E-state index contributed by atoms with van der Waals surface area (Å²) in [5.74, 6) is -0.364. The minimum absolute atomic E-state index is 0.106. The third kappa shape index (κ3) is 9.27. The molecule has 3 rings (SSSR count). The van der Waals surface area contributed by atoms with Gasteiger partial charge >= 0.3 is 17.9 Å². The molecule has 0 radical (unpaired) electrons. The number of rotatable bonds is 14. The standard InChI is InChI=1S/C32H33ClO7/c1-4-6-9-23-10-13-25(14-11-23)39-32(36)27-16-15-26(21-28(27)33)40-31(35)24-12-17-29(22(3)20-24)37-18-7-8-19-38-30(34)5-2/h5,10-17,20-21H,2,4,6-9,18-19H2,1,3H3. The number of esters is 3. The topological polar surface area (TPSA) is 88.1 Å². The molecule has 0 heterocycles. The lowest BCUT2D eigenvalue weighted by Crippen LogP contribution is -2.11. The summed E-state index contributed by atoms with van der Waals surface area (Å²) in [6.07, 6.45) is 5.68. The number of aryl methyl sites for hydroxylation is 2. The van der Waals surface area contributed by atoms with E-state index in [0.717, 1.165) is 30.9 Å². The zero-order valence-electron chi connectivity index (χ0n) is 22.7. The number of hydrogen-bond acceptors (Lipinski definition) is 7. The van der Waals surface area contributed by atoms with Crippen LogP contribution in [0, 0.1) is 6.92 Å². The Balaban J connectivity index is 1.52. The van der Waals surface area contributed by atoms with Crippen molar-refractivity contribution in [2.75, 3.05) is 13.2 Å². The van der Waals surface area contributed by atoms with Gasteiger partial charge in [0.05, 0.1) is 29.4 Å². The maximum absolute atomic E-state index is 12.7. The lowest BCUT2D eigenvalue weighted by atomic mass is 10.1. The average molecular weight is 565 g/mol. The van der Waals surface area contributed by atoms with Crippen molar-refractivity contribution in [3.8, 4) is 17.2 Å². The Bertz CT molecular complexity index is 1330. The van der Waals surface area contributed by atoms with Crippen molar-refractivity contribution in [3.05, 3.63) is 101 Å². The molecule has 0 spiro atoms. The molecule has 0 amide bonds. The van der Waals surface area contributed by atoms with Crippen LogP contribution >= 0.6 is 11.6 Å². The molecule has 0 fully saturated rings. The first-order valence-corrected chi connectivity index (χ1v) is 13.5. The fraction of sp³-hybridized carbons (Fsp3) is 0.281. The predicted octanol–water partition coefficient (Wildman–Crippen LogP) is 7.32. The molecule has 0 unspecified atom stereocenters. The molecule has 210 valence electrons. The third-order valence-corrected chi connectivity index (χ3v) is 6.25. The molecule has 0 aliphatic rings. The molecule has 7 nitrogen and oxygen atoms in total. The van der Waals surface area contributed by atoms with Gasteiger partial charge in [0.1, 0.15) is 17.2 Å². The summed E-state index contributed by atoms with van der Waals surface area (Å²) in [5.41, 5.74) is 2.45. The minimum atomic E-state index is -0.604. The van der Waals surface area contributed by atoms with Gasteiger partial charge in [0.2, 0.25) is 0 Å². The highest BCUT2D eigenvalue weighted by Crippen LogP contribution is 2.26. The van der Waals surface area contributed by atoms with Gasteiger partial charge in [0.25, 0.3) is 0 Å². The fourth-order valence-electron chi connectivity index (χ4n) is 3.71. The van der Waals surface area contributed by atoms with Crippen LogP contribution in [-0.2, 0) is 16.0 Å². The maximum atomic E-state index is 12.7. The molecule has 40 heavy (non-hydrogen) atoms. The molecule has 0 saturated heterocycles. The summed E-state index contributed by atoms with van der Waals surface area (Å²) in [7, 11) is 0. The van der Waals surface area contributed by atoms with Crippen molar-refractivity contribution in [3.63, 3.8) is 0 Å². The number of carbonyl (C=O) groups is 3. The van der Waals surface area contributed by atoms with Crippen LogP contribution in [0.1, 0.15) is 64.4 Å². The van der Waals surface area contributed by atoms with Gasteiger partial charge in [0.15, 0.2) is 0 Å². The van der Waals surface area contributed by atoms with Gasteiger partial charge in [0, 0.05) is 12.1 Å².